The van der Waals surface area contributed by atoms with Crippen molar-refractivity contribution in [1.82, 2.24) is 0 Å². The van der Waals surface area contributed by atoms with Crippen molar-refractivity contribution >= 4 is 10.4 Å². The third kappa shape index (κ3) is 41.7. The maximum atomic E-state index is 11.1. The van der Waals surface area contributed by atoms with E-state index in [1.165, 1.54) is 212 Å². The lowest BCUT2D eigenvalue weighted by Crippen LogP contribution is -2.12. The second-order valence-electron chi connectivity index (χ2n) is 14.8. The normalized spacial score (nSPS) is 12.8. The van der Waals surface area contributed by atoms with Crippen LogP contribution < -0.4 is 0 Å². The van der Waals surface area contributed by atoms with E-state index >= 15 is 0 Å². The van der Waals surface area contributed by atoms with Crippen LogP contribution in [-0.2, 0) is 14.6 Å². The fourth-order valence-corrected chi connectivity index (χ4v) is 7.16. The van der Waals surface area contributed by atoms with Gasteiger partial charge in [0.05, 0.1) is 6.61 Å². The first kappa shape index (κ1) is 46.6. The first-order valence-corrected chi connectivity index (χ1v) is 22.6. The molecule has 0 heterocycles. The zero-order valence-corrected chi connectivity index (χ0v) is 32.8. The van der Waals surface area contributed by atoms with Crippen molar-refractivity contribution in [3.8, 4) is 0 Å². The smallest absolute Gasteiger partial charge is 0.264 e. The Hall–Kier alpha value is -0.390. The van der Waals surface area contributed by atoms with Crippen molar-refractivity contribution in [2.75, 3.05) is 6.61 Å². The molecule has 0 saturated heterocycles. The molecule has 0 aromatic heterocycles. The zero-order chi connectivity index (χ0) is 34.4. The van der Waals surface area contributed by atoms with Crippen LogP contribution in [-0.4, -0.2) is 19.6 Å². The molecule has 0 radical (unpaired) electrons. The van der Waals surface area contributed by atoms with E-state index in [2.05, 4.69) is 26.0 Å². The fourth-order valence-electron chi connectivity index (χ4n) is 6.82. The van der Waals surface area contributed by atoms with Crippen molar-refractivity contribution in [1.29, 1.82) is 0 Å². The first-order valence-electron chi connectivity index (χ1n) is 21.3. The molecule has 4 nitrogen and oxygen atoms in total. The van der Waals surface area contributed by atoms with Gasteiger partial charge in [0.1, 0.15) is 0 Å². The Balaban J connectivity index is 3.69. The molecule has 0 fully saturated rings. The van der Waals surface area contributed by atoms with Gasteiger partial charge in [0, 0.05) is 5.92 Å². The minimum atomic E-state index is -4.38. The van der Waals surface area contributed by atoms with E-state index in [4.69, 9.17) is 8.74 Å². The van der Waals surface area contributed by atoms with Gasteiger partial charge in [-0.1, -0.05) is 238 Å². The highest BCUT2D eigenvalue weighted by molar-refractivity contribution is 7.80. The summed E-state index contributed by atoms with van der Waals surface area (Å²) in [5, 5.41) is 0. The molecule has 5 heteroatoms. The Labute approximate surface area is 296 Å². The summed E-state index contributed by atoms with van der Waals surface area (Å²) in [6.07, 6.45) is 52.9. The molecule has 0 bridgehead atoms. The number of unbranched alkanes of at least 4 members (excludes halogenated alkanes) is 33. The van der Waals surface area contributed by atoms with Gasteiger partial charge < -0.3 is 0 Å². The molecule has 0 aliphatic heterocycles. The topological polar surface area (TPSA) is 63.6 Å². The predicted molar refractivity (Wildman–Crippen MR) is 208 cm³/mol. The van der Waals surface area contributed by atoms with E-state index in [9.17, 15) is 8.42 Å². The molecule has 0 amide bonds. The molecule has 1 atom stereocenters. The molecule has 0 aromatic carbocycles. The van der Waals surface area contributed by atoms with E-state index in [0.717, 1.165) is 19.3 Å². The predicted octanol–water partition coefficient (Wildman–Crippen LogP) is 15.1. The van der Waals surface area contributed by atoms with E-state index < -0.39 is 10.4 Å². The molecule has 0 rings (SSSR count). The Bertz CT molecular complexity index is 720. The van der Waals surface area contributed by atoms with Gasteiger partial charge in [0.2, 0.25) is 0 Å². The van der Waals surface area contributed by atoms with E-state index in [1.807, 2.05) is 0 Å². The van der Waals surface area contributed by atoms with Crippen LogP contribution >= 0.6 is 0 Å². The van der Waals surface area contributed by atoms with Crippen LogP contribution in [0.15, 0.2) is 12.2 Å². The Morgan fingerprint density at radius 2 is 0.723 bits per heavy atom. The monoisotopic (exact) mass is 685 g/mol. The molecule has 47 heavy (non-hydrogen) atoms. The molecule has 1 N–H and O–H groups in total. The summed E-state index contributed by atoms with van der Waals surface area (Å²) in [5.74, 6) is 0.0547. The molecule has 282 valence electrons. The third-order valence-corrected chi connectivity index (χ3v) is 10.4. The van der Waals surface area contributed by atoms with Gasteiger partial charge in [-0.2, -0.15) is 8.42 Å². The van der Waals surface area contributed by atoms with Gasteiger partial charge in [-0.05, 0) is 19.3 Å². The van der Waals surface area contributed by atoms with E-state index in [0.29, 0.717) is 0 Å². The lowest BCUT2D eigenvalue weighted by molar-refractivity contribution is 0.234. The summed E-state index contributed by atoms with van der Waals surface area (Å²) in [6.45, 7) is 4.62. The summed E-state index contributed by atoms with van der Waals surface area (Å²) < 4.78 is 36.0. The number of hydrogen-bond acceptors (Lipinski definition) is 3. The highest BCUT2D eigenvalue weighted by Gasteiger charge is 2.11. The quantitative estimate of drug-likeness (QED) is 0.0396. The van der Waals surface area contributed by atoms with Gasteiger partial charge in [0.25, 0.3) is 0 Å². The van der Waals surface area contributed by atoms with Crippen LogP contribution in [0.1, 0.15) is 245 Å². The van der Waals surface area contributed by atoms with Gasteiger partial charge in [-0.3, -0.25) is 4.55 Å². The number of allylic oxidation sites excluding steroid dienone is 1. The molecule has 0 saturated carbocycles. The van der Waals surface area contributed by atoms with Crippen molar-refractivity contribution < 1.29 is 17.2 Å². The van der Waals surface area contributed by atoms with Crippen molar-refractivity contribution in [3.05, 3.63) is 12.2 Å². The average Bonchev–Trinajstić information content (AvgIpc) is 3.05. The summed E-state index contributed by atoms with van der Waals surface area (Å²) >= 11 is 0. The Morgan fingerprint density at radius 1 is 0.447 bits per heavy atom. The number of hydrogen-bond donors (Lipinski definition) is 1. The molecule has 0 aliphatic carbocycles. The summed E-state index contributed by atoms with van der Waals surface area (Å²) in [5.41, 5.74) is 0. The molecular formula is C42H84O4S. The van der Waals surface area contributed by atoms with Crippen LogP contribution in [0, 0.1) is 5.92 Å². The molecule has 1 unspecified atom stereocenters. The summed E-state index contributed by atoms with van der Waals surface area (Å²) in [6, 6.07) is 0. The maximum Gasteiger partial charge on any atom is 0.397 e. The molecule has 0 spiro atoms. The van der Waals surface area contributed by atoms with Crippen LogP contribution in [0.5, 0.6) is 0 Å². The van der Waals surface area contributed by atoms with Crippen LogP contribution in [0.4, 0.5) is 0 Å². The van der Waals surface area contributed by atoms with E-state index in [-0.39, 0.29) is 12.5 Å². The summed E-state index contributed by atoms with van der Waals surface area (Å²) in [4.78, 5) is 0. The minimum absolute atomic E-state index is 0.0488. The maximum absolute atomic E-state index is 11.1. The Morgan fingerprint density at radius 3 is 1.02 bits per heavy atom. The minimum Gasteiger partial charge on any atom is -0.264 e. The second kappa shape index (κ2) is 38.4. The van der Waals surface area contributed by atoms with Crippen LogP contribution in [0.2, 0.25) is 0 Å². The molecular weight excluding hydrogens is 601 g/mol. The van der Waals surface area contributed by atoms with Gasteiger partial charge in [-0.25, -0.2) is 4.18 Å². The largest absolute Gasteiger partial charge is 0.397 e. The highest BCUT2D eigenvalue weighted by Crippen LogP contribution is 2.18. The van der Waals surface area contributed by atoms with Crippen molar-refractivity contribution in [3.63, 3.8) is 0 Å². The van der Waals surface area contributed by atoms with Gasteiger partial charge in [-0.15, -0.1) is 0 Å². The van der Waals surface area contributed by atoms with Gasteiger partial charge in [0.15, 0.2) is 0 Å². The fraction of sp³-hybridized carbons (Fsp3) is 0.952. The lowest BCUT2D eigenvalue weighted by atomic mass is 9.99. The highest BCUT2D eigenvalue weighted by atomic mass is 32.3. The first-order chi connectivity index (χ1) is 23.0. The van der Waals surface area contributed by atoms with Crippen LogP contribution in [0.3, 0.4) is 0 Å². The van der Waals surface area contributed by atoms with Gasteiger partial charge >= 0.3 is 10.4 Å². The molecule has 0 aliphatic rings. The average molecular weight is 685 g/mol. The SMILES string of the molecule is CCCCCCCCCCCCCCCCCCC/C=C/C(CCCCCCCCCCCCCCCCCCC)COS(=O)(=O)O. The van der Waals surface area contributed by atoms with Crippen molar-refractivity contribution in [2.45, 2.75) is 245 Å². The second-order valence-corrected chi connectivity index (χ2v) is 15.9. The summed E-state index contributed by atoms with van der Waals surface area (Å²) in [7, 11) is -4.38. The standard InChI is InChI=1S/C42H84O4S/c1-3-5-7-9-11-13-15-17-19-21-22-24-26-28-30-32-34-36-38-40-42(41-46-47(43,44)45)39-37-35-33-31-29-27-25-23-20-18-16-14-12-10-8-6-4-2/h38,40,42H,3-37,39,41H2,1-2H3,(H,43,44,45)/b40-38+. The number of rotatable bonds is 40. The van der Waals surface area contributed by atoms with Crippen LogP contribution in [0.25, 0.3) is 0 Å². The third-order valence-electron chi connectivity index (χ3n) is 9.99. The Kier molecular flexibility index (Phi) is 38.1. The van der Waals surface area contributed by atoms with E-state index in [1.54, 1.807) is 0 Å². The van der Waals surface area contributed by atoms with Crippen molar-refractivity contribution in [2.24, 2.45) is 5.92 Å². The lowest BCUT2D eigenvalue weighted by Gasteiger charge is -2.12. The zero-order valence-electron chi connectivity index (χ0n) is 32.0. The molecule has 0 aromatic rings.